The van der Waals surface area contributed by atoms with E-state index in [4.69, 9.17) is 0 Å². The highest BCUT2D eigenvalue weighted by Crippen LogP contribution is 2.79. The van der Waals surface area contributed by atoms with Gasteiger partial charge in [-0.15, -0.1) is 0 Å². The van der Waals surface area contributed by atoms with Crippen LogP contribution in [0.2, 0.25) is 0 Å². The lowest BCUT2D eigenvalue weighted by molar-refractivity contribution is -0.171. The Morgan fingerprint density at radius 2 is 0.571 bits per heavy atom. The summed E-state index contributed by atoms with van der Waals surface area (Å²) in [6.45, 7) is 0. The molecule has 0 amide bonds. The molecule has 0 nitrogen and oxygen atoms in total. The second-order valence-corrected chi connectivity index (χ2v) is 28.3. The molecule has 0 aliphatic heterocycles. The van der Waals surface area contributed by atoms with E-state index in [1.165, 1.54) is 36.8 Å². The zero-order valence-electron chi connectivity index (χ0n) is 42.5. The van der Waals surface area contributed by atoms with Crippen LogP contribution in [-0.4, -0.2) is 0 Å². The Labute approximate surface area is 422 Å². The first-order valence-corrected chi connectivity index (χ1v) is 31.1. The lowest BCUT2D eigenvalue weighted by atomic mass is 9.40. The highest BCUT2D eigenvalue weighted by atomic mass is 14.8. The molecule has 17 rings (SSSR count). The van der Waals surface area contributed by atoms with E-state index in [0.29, 0.717) is 11.8 Å². The standard InChI is InChI=1S/C70H84/c1-3-15-39(16-4-1)42-21-7-11-25-46(42)66-60-37-58-48-27-13-19-41-20-14-28-49(62(41)48)59(58)38-61(60)67(47-26-12-8-22-43(47)40-17-5-2-6-18-40)70-57-36-34-55-53-32-30-51-45-24-10-9-23-44(45)50-29-31-52(64(53)63(50)51)54-33-35-56(69(66)70)68(57)65(54)55/h1-8,11-12,15-18,21-22,25-26,41,44-45,48-70H,9-10,13-14,19-20,23-24,27-38H2. The third-order valence-electron chi connectivity index (χ3n) is 27.3. The Balaban J connectivity index is 0.841. The maximum atomic E-state index is 2.74. The number of benzene rings is 4. The summed E-state index contributed by atoms with van der Waals surface area (Å²) in [5.41, 5.74) is 9.75. The van der Waals surface area contributed by atoms with Crippen LogP contribution in [0, 0.1) is 142 Å². The van der Waals surface area contributed by atoms with Crippen LogP contribution >= 0.6 is 0 Å². The van der Waals surface area contributed by atoms with Gasteiger partial charge in [0.25, 0.3) is 0 Å². The normalized spacial score (nSPS) is 50.6. The molecule has 20 atom stereocenters. The molecule has 70 heavy (non-hydrogen) atoms. The largest absolute Gasteiger partial charge is 0.0622 e. The van der Waals surface area contributed by atoms with E-state index in [2.05, 4.69) is 109 Å². The van der Waals surface area contributed by atoms with Gasteiger partial charge in [-0.25, -0.2) is 0 Å². The van der Waals surface area contributed by atoms with E-state index in [9.17, 15) is 0 Å². The van der Waals surface area contributed by atoms with Crippen molar-refractivity contribution in [3.8, 4) is 22.3 Å². The van der Waals surface area contributed by atoms with Crippen molar-refractivity contribution < 1.29 is 0 Å². The van der Waals surface area contributed by atoms with Crippen LogP contribution in [0.25, 0.3) is 22.3 Å². The van der Waals surface area contributed by atoms with Crippen LogP contribution in [-0.2, 0) is 0 Å². The molecule has 13 fully saturated rings. The first kappa shape index (κ1) is 42.3. The molecular formula is C70H84. The third kappa shape index (κ3) is 5.79. The minimum Gasteiger partial charge on any atom is -0.0622 e. The smallest absolute Gasteiger partial charge is 0.00904 e. The van der Waals surface area contributed by atoms with Crippen molar-refractivity contribution >= 4 is 0 Å². The number of hydrogen-bond acceptors (Lipinski definition) is 0. The molecule has 0 saturated heterocycles. The van der Waals surface area contributed by atoms with Crippen molar-refractivity contribution in [1.82, 2.24) is 0 Å². The Morgan fingerprint density at radius 1 is 0.229 bits per heavy atom. The second kappa shape index (κ2) is 16.2. The highest BCUT2D eigenvalue weighted by molar-refractivity contribution is 5.70. The van der Waals surface area contributed by atoms with Crippen LogP contribution in [0.15, 0.2) is 109 Å². The second-order valence-electron chi connectivity index (χ2n) is 28.3. The monoisotopic (exact) mass is 925 g/mol. The third-order valence-corrected chi connectivity index (χ3v) is 27.3. The lowest BCUT2D eigenvalue weighted by Gasteiger charge is -2.65. The molecule has 13 saturated carbocycles. The molecule has 13 aliphatic carbocycles. The topological polar surface area (TPSA) is 0 Å². The maximum Gasteiger partial charge on any atom is -0.00904 e. The molecule has 0 heterocycles. The number of hydrogen-bond donors (Lipinski definition) is 0. The zero-order valence-corrected chi connectivity index (χ0v) is 42.5. The van der Waals surface area contributed by atoms with Gasteiger partial charge in [0.15, 0.2) is 0 Å². The Hall–Kier alpha value is -3.12. The zero-order chi connectivity index (χ0) is 45.3. The fraction of sp³-hybridized carbons (Fsp3) is 0.657. The van der Waals surface area contributed by atoms with Crippen LogP contribution < -0.4 is 0 Å². The predicted octanol–water partition coefficient (Wildman–Crippen LogP) is 17.7. The fourth-order valence-electron chi connectivity index (χ4n) is 26.4. The van der Waals surface area contributed by atoms with E-state index < -0.39 is 0 Å². The summed E-state index contributed by atoms with van der Waals surface area (Å²) in [7, 11) is 0. The van der Waals surface area contributed by atoms with E-state index in [1.54, 1.807) is 125 Å². The molecule has 4 aromatic carbocycles. The van der Waals surface area contributed by atoms with Gasteiger partial charge < -0.3 is 0 Å². The van der Waals surface area contributed by atoms with Crippen LogP contribution in [0.1, 0.15) is 151 Å². The average molecular weight is 925 g/mol. The molecule has 0 bridgehead atoms. The van der Waals surface area contributed by atoms with E-state index >= 15 is 0 Å². The molecule has 4 aromatic rings. The predicted molar refractivity (Wildman–Crippen MR) is 285 cm³/mol. The number of rotatable bonds is 4. The quantitative estimate of drug-likeness (QED) is 0.191. The maximum absolute atomic E-state index is 2.74. The van der Waals surface area contributed by atoms with Crippen molar-refractivity contribution in [3.05, 3.63) is 120 Å². The lowest BCUT2D eigenvalue weighted by Crippen LogP contribution is -2.59. The Kier molecular flexibility index (Phi) is 9.77. The van der Waals surface area contributed by atoms with Gasteiger partial charge in [0, 0.05) is 0 Å². The SMILES string of the molecule is c1ccc(-c2ccccc2C2C3CC4C(CC3C(c3ccccc3-c3ccccc3)C3C5CCC6C7CCC8C9CCCCC9C9CCC(C%10CCC(C5C%106)C23)C7C98)C2CCCC3CCCC4C32)cc1. The van der Waals surface area contributed by atoms with Crippen molar-refractivity contribution in [2.24, 2.45) is 142 Å². The number of fused-ring (bicyclic) bond motifs is 12. The molecule has 0 radical (unpaired) electrons. The Bertz CT molecular complexity index is 2420. The summed E-state index contributed by atoms with van der Waals surface area (Å²) >= 11 is 0. The van der Waals surface area contributed by atoms with Gasteiger partial charge in [0.05, 0.1) is 0 Å². The first-order chi connectivity index (χ1) is 34.8. The molecule has 0 heteroatoms. The van der Waals surface area contributed by atoms with Gasteiger partial charge >= 0.3 is 0 Å². The van der Waals surface area contributed by atoms with Crippen molar-refractivity contribution in [3.63, 3.8) is 0 Å². The molecule has 0 N–H and O–H groups in total. The minimum atomic E-state index is 0.684. The molecule has 20 unspecified atom stereocenters. The molecule has 13 aliphatic rings. The Morgan fingerprint density at radius 3 is 1.01 bits per heavy atom. The van der Waals surface area contributed by atoms with Crippen LogP contribution in [0.4, 0.5) is 0 Å². The van der Waals surface area contributed by atoms with Gasteiger partial charge in [0.2, 0.25) is 0 Å². The highest BCUT2D eigenvalue weighted by Gasteiger charge is 2.72. The van der Waals surface area contributed by atoms with Crippen molar-refractivity contribution in [2.75, 3.05) is 0 Å². The molecule has 364 valence electrons. The summed E-state index contributed by atoms with van der Waals surface area (Å²) in [5, 5.41) is 0. The molecule has 0 aromatic heterocycles. The minimum absolute atomic E-state index is 0.684. The van der Waals surface area contributed by atoms with Crippen LogP contribution in [0.5, 0.6) is 0 Å². The van der Waals surface area contributed by atoms with Gasteiger partial charge in [0.1, 0.15) is 0 Å². The van der Waals surface area contributed by atoms with Gasteiger partial charge in [-0.2, -0.15) is 0 Å². The summed E-state index contributed by atoms with van der Waals surface area (Å²) in [6, 6.07) is 44.3. The van der Waals surface area contributed by atoms with E-state index in [1.807, 2.05) is 0 Å². The molecule has 0 spiro atoms. The van der Waals surface area contributed by atoms with Crippen molar-refractivity contribution in [2.45, 2.75) is 140 Å². The van der Waals surface area contributed by atoms with E-state index in [0.717, 1.165) is 142 Å². The first-order valence-electron chi connectivity index (χ1n) is 31.1. The molecular weight excluding hydrogens is 841 g/mol. The van der Waals surface area contributed by atoms with Gasteiger partial charge in [-0.1, -0.05) is 148 Å². The summed E-state index contributed by atoms with van der Waals surface area (Å²) in [5.74, 6) is 25.2. The summed E-state index contributed by atoms with van der Waals surface area (Å²) < 4.78 is 0. The van der Waals surface area contributed by atoms with Gasteiger partial charge in [-0.3, -0.25) is 0 Å². The van der Waals surface area contributed by atoms with E-state index in [-0.39, 0.29) is 0 Å². The average Bonchev–Trinajstić information content (AvgIpc) is 4.06. The summed E-state index contributed by atoms with van der Waals surface area (Å²) in [6.07, 6.45) is 31.4. The van der Waals surface area contributed by atoms with Crippen LogP contribution in [0.3, 0.4) is 0 Å². The fourth-order valence-corrected chi connectivity index (χ4v) is 26.4. The van der Waals surface area contributed by atoms with Gasteiger partial charge in [-0.05, 0) is 277 Å². The summed E-state index contributed by atoms with van der Waals surface area (Å²) in [4.78, 5) is 0. The van der Waals surface area contributed by atoms with Crippen molar-refractivity contribution in [1.29, 1.82) is 0 Å².